The first-order valence-corrected chi connectivity index (χ1v) is 6.83. The lowest BCUT2D eigenvalue weighted by atomic mass is 10.3. The molecule has 0 saturated heterocycles. The molecule has 0 saturated carbocycles. The molecule has 0 amide bonds. The van der Waals surface area contributed by atoms with Crippen LogP contribution >= 0.6 is 15.9 Å². The molecule has 7 heteroatoms. The van der Waals surface area contributed by atoms with Crippen molar-refractivity contribution in [1.29, 1.82) is 0 Å². The standard InChI is InChI=1S/C9H12BrFN2O2S/c1-6(2)12-16(14,15)13-7-3-4-9(11)8(10)5-7/h3-6,12-13H,1-2H3. The monoisotopic (exact) mass is 310 g/mol. The Bertz CT molecular complexity index is 476. The quantitative estimate of drug-likeness (QED) is 0.896. The molecular formula is C9H12BrFN2O2S. The van der Waals surface area contributed by atoms with Crippen LogP contribution in [0, 0.1) is 5.82 Å². The van der Waals surface area contributed by atoms with E-state index in [-0.39, 0.29) is 10.5 Å². The first kappa shape index (κ1) is 13.4. The lowest BCUT2D eigenvalue weighted by Gasteiger charge is -2.11. The van der Waals surface area contributed by atoms with Crippen molar-refractivity contribution in [2.75, 3.05) is 4.72 Å². The van der Waals surface area contributed by atoms with Crippen LogP contribution < -0.4 is 9.44 Å². The molecule has 0 aromatic heterocycles. The summed E-state index contributed by atoms with van der Waals surface area (Å²) >= 11 is 2.97. The molecular weight excluding hydrogens is 299 g/mol. The molecule has 0 aliphatic heterocycles. The maximum atomic E-state index is 12.9. The minimum atomic E-state index is -3.61. The Hall–Kier alpha value is -0.660. The Morgan fingerprint density at radius 3 is 2.50 bits per heavy atom. The SMILES string of the molecule is CC(C)NS(=O)(=O)Nc1ccc(F)c(Br)c1. The average Bonchev–Trinajstić information content (AvgIpc) is 2.08. The van der Waals surface area contributed by atoms with Crippen LogP contribution in [0.15, 0.2) is 22.7 Å². The van der Waals surface area contributed by atoms with Crippen LogP contribution in [0.3, 0.4) is 0 Å². The van der Waals surface area contributed by atoms with E-state index in [1.165, 1.54) is 18.2 Å². The van der Waals surface area contributed by atoms with Crippen molar-refractivity contribution in [1.82, 2.24) is 4.72 Å². The number of nitrogens with one attached hydrogen (secondary N) is 2. The van der Waals surface area contributed by atoms with Crippen LogP contribution in [-0.2, 0) is 10.2 Å². The van der Waals surface area contributed by atoms with Gasteiger partial charge in [0.15, 0.2) is 0 Å². The van der Waals surface area contributed by atoms with E-state index in [2.05, 4.69) is 25.4 Å². The van der Waals surface area contributed by atoms with Gasteiger partial charge in [-0.1, -0.05) is 0 Å². The van der Waals surface area contributed by atoms with Crippen LogP contribution in [0.25, 0.3) is 0 Å². The van der Waals surface area contributed by atoms with Gasteiger partial charge in [-0.05, 0) is 48.0 Å². The highest BCUT2D eigenvalue weighted by Crippen LogP contribution is 2.20. The van der Waals surface area contributed by atoms with Crippen LogP contribution in [0.4, 0.5) is 10.1 Å². The predicted molar refractivity (Wildman–Crippen MR) is 64.9 cm³/mol. The van der Waals surface area contributed by atoms with E-state index in [0.29, 0.717) is 5.69 Å². The van der Waals surface area contributed by atoms with Gasteiger partial charge in [0.25, 0.3) is 10.2 Å². The van der Waals surface area contributed by atoms with E-state index in [1.54, 1.807) is 13.8 Å². The molecule has 2 N–H and O–H groups in total. The number of hydrogen-bond donors (Lipinski definition) is 2. The van der Waals surface area contributed by atoms with Crippen LogP contribution in [0.1, 0.15) is 13.8 Å². The molecule has 16 heavy (non-hydrogen) atoms. The summed E-state index contributed by atoms with van der Waals surface area (Å²) in [6.45, 7) is 3.42. The third kappa shape index (κ3) is 4.07. The zero-order valence-electron chi connectivity index (χ0n) is 8.79. The van der Waals surface area contributed by atoms with Crippen molar-refractivity contribution >= 4 is 31.8 Å². The third-order valence-corrected chi connectivity index (χ3v) is 3.46. The Balaban J connectivity index is 2.84. The fraction of sp³-hybridized carbons (Fsp3) is 0.333. The zero-order chi connectivity index (χ0) is 12.3. The van der Waals surface area contributed by atoms with Crippen molar-refractivity contribution in [3.8, 4) is 0 Å². The summed E-state index contributed by atoms with van der Waals surface area (Å²) < 4.78 is 40.7. The number of benzene rings is 1. The van der Waals surface area contributed by atoms with Crippen molar-refractivity contribution in [2.24, 2.45) is 0 Å². The third-order valence-electron chi connectivity index (χ3n) is 1.56. The van der Waals surface area contributed by atoms with Crippen molar-refractivity contribution in [3.05, 3.63) is 28.5 Å². The highest BCUT2D eigenvalue weighted by molar-refractivity contribution is 9.10. The molecule has 1 aromatic carbocycles. The van der Waals surface area contributed by atoms with Crippen LogP contribution in [0.5, 0.6) is 0 Å². The number of hydrogen-bond acceptors (Lipinski definition) is 2. The van der Waals surface area contributed by atoms with E-state index in [4.69, 9.17) is 0 Å². The molecule has 0 radical (unpaired) electrons. The minimum absolute atomic E-state index is 0.206. The van der Waals surface area contributed by atoms with Crippen molar-refractivity contribution < 1.29 is 12.8 Å². The van der Waals surface area contributed by atoms with Gasteiger partial charge in [0, 0.05) is 6.04 Å². The van der Waals surface area contributed by atoms with Gasteiger partial charge in [-0.2, -0.15) is 13.1 Å². The fourth-order valence-electron chi connectivity index (χ4n) is 1.05. The summed E-state index contributed by atoms with van der Waals surface area (Å²) in [5.74, 6) is -0.445. The second-order valence-corrected chi connectivity index (χ2v) is 5.81. The summed E-state index contributed by atoms with van der Waals surface area (Å²) in [6.07, 6.45) is 0. The van der Waals surface area contributed by atoms with Gasteiger partial charge in [0.05, 0.1) is 10.2 Å². The maximum absolute atomic E-state index is 12.9. The van der Waals surface area contributed by atoms with Crippen molar-refractivity contribution in [3.63, 3.8) is 0 Å². The Labute approximate surface area is 103 Å². The van der Waals surface area contributed by atoms with E-state index in [1.807, 2.05) is 0 Å². The molecule has 0 unspecified atom stereocenters. The van der Waals surface area contributed by atoms with E-state index in [0.717, 1.165) is 0 Å². The molecule has 0 aliphatic rings. The molecule has 0 heterocycles. The average molecular weight is 311 g/mol. The predicted octanol–water partition coefficient (Wildman–Crippen LogP) is 2.24. The molecule has 90 valence electrons. The molecule has 4 nitrogen and oxygen atoms in total. The molecule has 1 rings (SSSR count). The lowest BCUT2D eigenvalue weighted by molar-refractivity contribution is 0.575. The first-order valence-electron chi connectivity index (χ1n) is 4.55. The highest BCUT2D eigenvalue weighted by Gasteiger charge is 2.11. The number of rotatable bonds is 4. The van der Waals surface area contributed by atoms with E-state index >= 15 is 0 Å². The Morgan fingerprint density at radius 1 is 1.38 bits per heavy atom. The summed E-state index contributed by atoms with van der Waals surface area (Å²) in [5.41, 5.74) is 0.293. The van der Waals surface area contributed by atoms with Gasteiger partial charge in [0.1, 0.15) is 5.82 Å². The zero-order valence-corrected chi connectivity index (χ0v) is 11.2. The van der Waals surface area contributed by atoms with E-state index in [9.17, 15) is 12.8 Å². The van der Waals surface area contributed by atoms with E-state index < -0.39 is 16.0 Å². The Morgan fingerprint density at radius 2 is 2.00 bits per heavy atom. The van der Waals surface area contributed by atoms with Crippen LogP contribution in [0.2, 0.25) is 0 Å². The molecule has 0 aliphatic carbocycles. The smallest absolute Gasteiger partial charge is 0.271 e. The number of halogens is 2. The fourth-order valence-corrected chi connectivity index (χ4v) is 2.55. The second kappa shape index (κ2) is 5.11. The molecule has 1 aromatic rings. The van der Waals surface area contributed by atoms with Gasteiger partial charge in [-0.3, -0.25) is 4.72 Å². The largest absolute Gasteiger partial charge is 0.299 e. The molecule has 0 atom stereocenters. The maximum Gasteiger partial charge on any atom is 0.299 e. The lowest BCUT2D eigenvalue weighted by Crippen LogP contribution is -2.35. The minimum Gasteiger partial charge on any atom is -0.271 e. The van der Waals surface area contributed by atoms with Crippen molar-refractivity contribution in [2.45, 2.75) is 19.9 Å². The molecule has 0 fully saturated rings. The second-order valence-electron chi connectivity index (χ2n) is 3.51. The van der Waals surface area contributed by atoms with Gasteiger partial charge >= 0.3 is 0 Å². The summed E-state index contributed by atoms with van der Waals surface area (Å²) in [7, 11) is -3.61. The van der Waals surface area contributed by atoms with Gasteiger partial charge in [0.2, 0.25) is 0 Å². The molecule has 0 spiro atoms. The summed E-state index contributed by atoms with van der Waals surface area (Å²) in [5, 5.41) is 0. The van der Waals surface area contributed by atoms with Gasteiger partial charge in [-0.15, -0.1) is 0 Å². The van der Waals surface area contributed by atoms with Crippen LogP contribution in [-0.4, -0.2) is 14.5 Å². The number of anilines is 1. The Kier molecular flexibility index (Phi) is 4.28. The van der Waals surface area contributed by atoms with Gasteiger partial charge in [-0.25, -0.2) is 4.39 Å². The normalized spacial score (nSPS) is 11.8. The first-order chi connectivity index (χ1) is 7.30. The highest BCUT2D eigenvalue weighted by atomic mass is 79.9. The summed E-state index contributed by atoms with van der Waals surface area (Å²) in [6, 6.07) is 3.67. The topological polar surface area (TPSA) is 58.2 Å². The van der Waals surface area contributed by atoms with Gasteiger partial charge < -0.3 is 0 Å². The summed E-state index contributed by atoms with van der Waals surface area (Å²) in [4.78, 5) is 0. The molecule has 0 bridgehead atoms.